The molecule has 2 rings (SSSR count). The van der Waals surface area contributed by atoms with Gasteiger partial charge in [-0.3, -0.25) is 4.90 Å². The van der Waals surface area contributed by atoms with Crippen molar-refractivity contribution in [3.63, 3.8) is 0 Å². The van der Waals surface area contributed by atoms with E-state index in [1.54, 1.807) is 0 Å². The maximum Gasteiger partial charge on any atom is 0.0365 e. The Hall–Kier alpha value is -0.0800. The average molecular weight is 238 g/mol. The van der Waals surface area contributed by atoms with Crippen molar-refractivity contribution in [1.82, 2.24) is 10.2 Å². The second-order valence-electron chi connectivity index (χ2n) is 6.28. The van der Waals surface area contributed by atoms with Crippen molar-refractivity contribution in [3.8, 4) is 0 Å². The van der Waals surface area contributed by atoms with Crippen LogP contribution in [0.4, 0.5) is 0 Å². The van der Waals surface area contributed by atoms with Gasteiger partial charge in [0, 0.05) is 11.6 Å². The molecule has 1 atom stereocenters. The molecule has 1 aliphatic carbocycles. The van der Waals surface area contributed by atoms with Crippen molar-refractivity contribution in [3.05, 3.63) is 0 Å². The molecule has 1 saturated carbocycles. The Labute approximate surface area is 107 Å². The zero-order chi connectivity index (χ0) is 12.3. The fraction of sp³-hybridized carbons (Fsp3) is 1.00. The summed E-state index contributed by atoms with van der Waals surface area (Å²) in [5.41, 5.74) is 0.487. The standard InChI is InChI=1S/C15H30N2/c1-4-16-14(13(2)3)15(9-5-6-10-15)17-11-7-8-12-17/h13-14,16H,4-12H2,1-3H3. The number of likely N-dealkylation sites (N-methyl/N-ethyl adjacent to an activating group) is 1. The van der Waals surface area contributed by atoms with Crippen LogP contribution in [0, 0.1) is 5.92 Å². The van der Waals surface area contributed by atoms with Gasteiger partial charge in [-0.05, 0) is 51.2 Å². The molecule has 1 unspecified atom stereocenters. The van der Waals surface area contributed by atoms with E-state index in [1.165, 1.54) is 51.6 Å². The van der Waals surface area contributed by atoms with E-state index in [9.17, 15) is 0 Å². The fourth-order valence-corrected chi connectivity index (χ4v) is 4.24. The summed E-state index contributed by atoms with van der Waals surface area (Å²) in [4.78, 5) is 2.83. The third-order valence-corrected chi connectivity index (χ3v) is 4.87. The van der Waals surface area contributed by atoms with E-state index < -0.39 is 0 Å². The molecule has 0 aromatic carbocycles. The number of rotatable bonds is 5. The van der Waals surface area contributed by atoms with E-state index in [4.69, 9.17) is 0 Å². The van der Waals surface area contributed by atoms with Gasteiger partial charge in [-0.25, -0.2) is 0 Å². The molecule has 0 radical (unpaired) electrons. The van der Waals surface area contributed by atoms with Crippen LogP contribution in [0.15, 0.2) is 0 Å². The van der Waals surface area contributed by atoms with Crippen molar-refractivity contribution in [2.45, 2.75) is 70.9 Å². The smallest absolute Gasteiger partial charge is 0.0365 e. The second-order valence-corrected chi connectivity index (χ2v) is 6.28. The van der Waals surface area contributed by atoms with Gasteiger partial charge in [-0.2, -0.15) is 0 Å². The minimum atomic E-state index is 0.487. The number of nitrogens with one attached hydrogen (secondary N) is 1. The molecule has 1 saturated heterocycles. The first-order valence-corrected chi connectivity index (χ1v) is 7.69. The highest BCUT2D eigenvalue weighted by molar-refractivity contribution is 5.05. The Kier molecular flexibility index (Phi) is 4.48. The van der Waals surface area contributed by atoms with Crippen molar-refractivity contribution in [2.24, 2.45) is 5.92 Å². The van der Waals surface area contributed by atoms with Crippen LogP contribution in [0.3, 0.4) is 0 Å². The van der Waals surface area contributed by atoms with Gasteiger partial charge in [0.15, 0.2) is 0 Å². The first-order chi connectivity index (χ1) is 8.20. The third kappa shape index (κ3) is 2.53. The van der Waals surface area contributed by atoms with Crippen molar-refractivity contribution in [1.29, 1.82) is 0 Å². The minimum Gasteiger partial charge on any atom is -0.312 e. The molecular weight excluding hydrogens is 208 g/mol. The van der Waals surface area contributed by atoms with Crippen LogP contribution in [0.5, 0.6) is 0 Å². The minimum absolute atomic E-state index is 0.487. The predicted octanol–water partition coefficient (Wildman–Crippen LogP) is 3.03. The highest BCUT2D eigenvalue weighted by Crippen LogP contribution is 2.42. The third-order valence-electron chi connectivity index (χ3n) is 4.87. The molecule has 0 aromatic rings. The summed E-state index contributed by atoms with van der Waals surface area (Å²) in [6.07, 6.45) is 8.54. The molecule has 0 aromatic heterocycles. The Bertz CT molecular complexity index is 225. The largest absolute Gasteiger partial charge is 0.312 e. The molecule has 1 N–H and O–H groups in total. The van der Waals surface area contributed by atoms with Gasteiger partial charge in [-0.15, -0.1) is 0 Å². The SMILES string of the molecule is CCNC(C(C)C)C1(N2CCCC2)CCCC1. The summed E-state index contributed by atoms with van der Waals surface area (Å²) in [6.45, 7) is 10.8. The fourth-order valence-electron chi connectivity index (χ4n) is 4.24. The van der Waals surface area contributed by atoms with Gasteiger partial charge in [0.1, 0.15) is 0 Å². The van der Waals surface area contributed by atoms with Crippen LogP contribution >= 0.6 is 0 Å². The topological polar surface area (TPSA) is 15.3 Å². The van der Waals surface area contributed by atoms with Crippen LogP contribution in [0.25, 0.3) is 0 Å². The average Bonchev–Trinajstić information content (AvgIpc) is 2.96. The maximum absolute atomic E-state index is 3.80. The van der Waals surface area contributed by atoms with Crippen LogP contribution < -0.4 is 5.32 Å². The first-order valence-electron chi connectivity index (χ1n) is 7.69. The van der Waals surface area contributed by atoms with Gasteiger partial charge in [0.05, 0.1) is 0 Å². The lowest BCUT2D eigenvalue weighted by Gasteiger charge is -2.47. The summed E-state index contributed by atoms with van der Waals surface area (Å²) < 4.78 is 0. The molecule has 17 heavy (non-hydrogen) atoms. The second kappa shape index (κ2) is 5.71. The Morgan fingerprint density at radius 2 is 1.65 bits per heavy atom. The monoisotopic (exact) mass is 238 g/mol. The summed E-state index contributed by atoms with van der Waals surface area (Å²) >= 11 is 0. The Morgan fingerprint density at radius 1 is 1.06 bits per heavy atom. The van der Waals surface area contributed by atoms with Crippen LogP contribution in [-0.4, -0.2) is 36.1 Å². The Balaban J connectivity index is 2.18. The zero-order valence-electron chi connectivity index (χ0n) is 12.0. The highest BCUT2D eigenvalue weighted by atomic mass is 15.2. The van der Waals surface area contributed by atoms with E-state index in [2.05, 4.69) is 31.0 Å². The summed E-state index contributed by atoms with van der Waals surface area (Å²) in [6, 6.07) is 0.688. The molecule has 2 nitrogen and oxygen atoms in total. The molecule has 2 heteroatoms. The van der Waals surface area contributed by atoms with Crippen LogP contribution in [0.2, 0.25) is 0 Å². The van der Waals surface area contributed by atoms with Gasteiger partial charge < -0.3 is 5.32 Å². The zero-order valence-corrected chi connectivity index (χ0v) is 12.0. The van der Waals surface area contributed by atoms with Gasteiger partial charge in [0.25, 0.3) is 0 Å². The molecule has 0 amide bonds. The summed E-state index contributed by atoms with van der Waals surface area (Å²) in [7, 11) is 0. The van der Waals surface area contributed by atoms with Crippen LogP contribution in [-0.2, 0) is 0 Å². The summed E-state index contributed by atoms with van der Waals surface area (Å²) in [5.74, 6) is 0.744. The number of likely N-dealkylation sites (tertiary alicyclic amines) is 1. The number of hydrogen-bond donors (Lipinski definition) is 1. The lowest BCUT2D eigenvalue weighted by molar-refractivity contribution is 0.0580. The lowest BCUT2D eigenvalue weighted by Crippen LogP contribution is -2.61. The molecule has 100 valence electrons. The van der Waals surface area contributed by atoms with E-state index >= 15 is 0 Å². The van der Waals surface area contributed by atoms with Gasteiger partial charge in [0.2, 0.25) is 0 Å². The molecule has 0 spiro atoms. The quantitative estimate of drug-likeness (QED) is 0.792. The van der Waals surface area contributed by atoms with Crippen molar-refractivity contribution in [2.75, 3.05) is 19.6 Å². The molecule has 1 aliphatic heterocycles. The lowest BCUT2D eigenvalue weighted by atomic mass is 9.80. The number of hydrogen-bond acceptors (Lipinski definition) is 2. The van der Waals surface area contributed by atoms with E-state index in [1.807, 2.05) is 0 Å². The van der Waals surface area contributed by atoms with Crippen LogP contribution in [0.1, 0.15) is 59.3 Å². The van der Waals surface area contributed by atoms with Gasteiger partial charge >= 0.3 is 0 Å². The molecular formula is C15H30N2. The van der Waals surface area contributed by atoms with Crippen molar-refractivity contribution >= 4 is 0 Å². The molecule has 2 aliphatic rings. The first kappa shape index (κ1) is 13.4. The summed E-state index contributed by atoms with van der Waals surface area (Å²) in [5, 5.41) is 3.80. The normalized spacial score (nSPS) is 26.8. The Morgan fingerprint density at radius 3 is 2.12 bits per heavy atom. The molecule has 1 heterocycles. The van der Waals surface area contributed by atoms with Crippen molar-refractivity contribution < 1.29 is 0 Å². The van der Waals surface area contributed by atoms with Gasteiger partial charge in [-0.1, -0.05) is 33.6 Å². The molecule has 0 bridgehead atoms. The van der Waals surface area contributed by atoms with E-state index in [0.717, 1.165) is 12.5 Å². The highest BCUT2D eigenvalue weighted by Gasteiger charge is 2.47. The van der Waals surface area contributed by atoms with E-state index in [0.29, 0.717) is 11.6 Å². The number of nitrogens with zero attached hydrogens (tertiary/aromatic N) is 1. The maximum atomic E-state index is 3.80. The molecule has 2 fully saturated rings. The van der Waals surface area contributed by atoms with E-state index in [-0.39, 0.29) is 0 Å². The predicted molar refractivity (Wildman–Crippen MR) is 74.3 cm³/mol.